The molecule has 0 radical (unpaired) electrons. The molecule has 0 saturated carbocycles. The van der Waals surface area contributed by atoms with Crippen LogP contribution in [0.15, 0.2) is 0 Å². The molecule has 1 amide bonds. The summed E-state index contributed by atoms with van der Waals surface area (Å²) in [5.41, 5.74) is 1.74. The molecule has 1 rings (SSSR count). The lowest BCUT2D eigenvalue weighted by Gasteiger charge is -2.43. The van der Waals surface area contributed by atoms with Gasteiger partial charge >= 0.3 is 0 Å². The minimum atomic E-state index is -1.81. The zero-order valence-corrected chi connectivity index (χ0v) is 15.0. The summed E-state index contributed by atoms with van der Waals surface area (Å²) >= 11 is 0. The van der Waals surface area contributed by atoms with Crippen molar-refractivity contribution in [2.24, 2.45) is 0 Å². The van der Waals surface area contributed by atoms with Gasteiger partial charge in [0.2, 0.25) is 5.91 Å². The predicted molar refractivity (Wildman–Crippen MR) is 84.1 cm³/mol. The summed E-state index contributed by atoms with van der Waals surface area (Å²) < 4.78 is 12.2. The van der Waals surface area contributed by atoms with Gasteiger partial charge in [-0.2, -0.15) is 0 Å². The van der Waals surface area contributed by atoms with E-state index in [1.807, 2.05) is 6.92 Å². The summed E-state index contributed by atoms with van der Waals surface area (Å²) in [7, 11) is -1.81. The fraction of sp³-hybridized carbons (Fsp3) is 0.933. The van der Waals surface area contributed by atoms with Crippen molar-refractivity contribution in [3.63, 3.8) is 0 Å². The number of ether oxygens (including phenoxy) is 1. The van der Waals surface area contributed by atoms with Gasteiger partial charge < -0.3 is 14.5 Å². The third-order valence-corrected chi connectivity index (χ3v) is 10.4. The zero-order chi connectivity index (χ0) is 15.5. The van der Waals surface area contributed by atoms with Gasteiger partial charge in [0.1, 0.15) is 6.23 Å². The third-order valence-electron chi connectivity index (χ3n) is 4.36. The summed E-state index contributed by atoms with van der Waals surface area (Å²) in [6.07, 6.45) is 0.379. The van der Waals surface area contributed by atoms with Crippen molar-refractivity contribution in [1.82, 2.24) is 5.32 Å². The minimum Gasteiger partial charge on any atom is -0.413 e. The largest absolute Gasteiger partial charge is 0.413 e. The number of carbonyl (C=O) groups is 1. The first-order valence-electron chi connectivity index (χ1n) is 7.78. The van der Waals surface area contributed by atoms with Crippen molar-refractivity contribution in [2.75, 3.05) is 6.61 Å². The number of nitrogens with one attached hydrogen (secondary N) is 1. The molecule has 0 aromatic heterocycles. The van der Waals surface area contributed by atoms with Crippen molar-refractivity contribution in [1.29, 1.82) is 0 Å². The van der Waals surface area contributed by atoms with Crippen molar-refractivity contribution in [3.05, 3.63) is 0 Å². The summed E-state index contributed by atoms with van der Waals surface area (Å²) in [6.45, 7) is 16.3. The number of carbonyl (C=O) groups excluding carboxylic acids is 1. The van der Waals surface area contributed by atoms with Crippen LogP contribution >= 0.6 is 0 Å². The van der Waals surface area contributed by atoms with E-state index in [4.69, 9.17) is 9.16 Å². The van der Waals surface area contributed by atoms with Gasteiger partial charge in [-0.05, 0) is 23.5 Å². The predicted octanol–water partition coefficient (Wildman–Crippen LogP) is 3.43. The zero-order valence-electron chi connectivity index (χ0n) is 14.0. The van der Waals surface area contributed by atoms with Crippen molar-refractivity contribution in [2.45, 2.75) is 83.8 Å². The molecule has 1 heterocycles. The molecule has 1 aliphatic heterocycles. The smallest absolute Gasteiger partial charge is 0.226 e. The average Bonchev–Trinajstić information content (AvgIpc) is 2.26. The Bertz CT molecular complexity index is 301. The second kappa shape index (κ2) is 7.05. The van der Waals surface area contributed by atoms with E-state index in [9.17, 15) is 4.79 Å². The Balaban J connectivity index is 2.55. The molecule has 5 heteroatoms. The van der Waals surface area contributed by atoms with E-state index >= 15 is 0 Å². The standard InChI is InChI=1S/C15H31NO3Si/c1-10(2)20(11(3)4,12(5)6)18-9-13(7)19-15-8-14(17)16-15/h10-13,15H,8-9H2,1-7H3,(H,16,17)/t13-,15-/m0/s1. The van der Waals surface area contributed by atoms with E-state index in [0.717, 1.165) is 0 Å². The molecule has 0 spiro atoms. The fourth-order valence-electron chi connectivity index (χ4n) is 3.49. The van der Waals surface area contributed by atoms with Crippen LogP contribution in [0.4, 0.5) is 0 Å². The molecule has 0 bridgehead atoms. The SMILES string of the molecule is CC(C)[Si](OC[C@H](C)O[C@H]1CC(=O)N1)(C(C)C)C(C)C. The van der Waals surface area contributed by atoms with Gasteiger partial charge in [0.15, 0.2) is 8.32 Å². The van der Waals surface area contributed by atoms with Crippen molar-refractivity contribution in [3.8, 4) is 0 Å². The molecule has 0 aliphatic carbocycles. The number of hydrogen-bond donors (Lipinski definition) is 1. The Labute approximate surface area is 124 Å². The maximum absolute atomic E-state index is 10.9. The molecular formula is C15H31NO3Si. The maximum atomic E-state index is 10.9. The Morgan fingerprint density at radius 3 is 1.90 bits per heavy atom. The van der Waals surface area contributed by atoms with E-state index in [1.165, 1.54) is 0 Å². The summed E-state index contributed by atoms with van der Waals surface area (Å²) in [4.78, 5) is 10.9. The third kappa shape index (κ3) is 3.83. The van der Waals surface area contributed by atoms with Gasteiger partial charge in [-0.15, -0.1) is 0 Å². The molecule has 2 atom stereocenters. The summed E-state index contributed by atoms with van der Waals surface area (Å²) in [6, 6.07) is 0. The van der Waals surface area contributed by atoms with E-state index < -0.39 is 8.32 Å². The lowest BCUT2D eigenvalue weighted by molar-refractivity contribution is -0.146. The monoisotopic (exact) mass is 301 g/mol. The quantitative estimate of drug-likeness (QED) is 0.552. The Hall–Kier alpha value is -0.393. The minimum absolute atomic E-state index is 0.0173. The molecular weight excluding hydrogens is 270 g/mol. The second-order valence-corrected chi connectivity index (χ2v) is 12.3. The van der Waals surface area contributed by atoms with E-state index in [2.05, 4.69) is 46.9 Å². The fourth-order valence-corrected chi connectivity index (χ4v) is 9.01. The van der Waals surface area contributed by atoms with Crippen LogP contribution < -0.4 is 5.32 Å². The van der Waals surface area contributed by atoms with Gasteiger partial charge in [-0.25, -0.2) is 0 Å². The average molecular weight is 302 g/mol. The molecule has 0 unspecified atom stereocenters. The van der Waals surface area contributed by atoms with Crippen LogP contribution in [0.5, 0.6) is 0 Å². The summed E-state index contributed by atoms with van der Waals surface area (Å²) in [5.74, 6) is 0.0679. The van der Waals surface area contributed by atoms with Gasteiger partial charge in [-0.3, -0.25) is 4.79 Å². The Morgan fingerprint density at radius 2 is 1.55 bits per heavy atom. The molecule has 1 aliphatic rings. The van der Waals surface area contributed by atoms with Crippen LogP contribution in [0, 0.1) is 0 Å². The summed E-state index contributed by atoms with van der Waals surface area (Å²) in [5, 5.41) is 2.73. The Morgan fingerprint density at radius 1 is 1.10 bits per heavy atom. The van der Waals surface area contributed by atoms with Crippen LogP contribution in [0.3, 0.4) is 0 Å². The normalized spacial score (nSPS) is 21.3. The molecule has 4 nitrogen and oxygen atoms in total. The Kier molecular flexibility index (Phi) is 6.22. The second-order valence-electron chi connectivity index (χ2n) is 6.84. The molecule has 1 N–H and O–H groups in total. The van der Waals surface area contributed by atoms with Gasteiger partial charge in [-0.1, -0.05) is 41.5 Å². The highest BCUT2D eigenvalue weighted by molar-refractivity contribution is 6.77. The number of β-lactam (4-membered cyclic amide) rings is 1. The maximum Gasteiger partial charge on any atom is 0.226 e. The molecule has 1 saturated heterocycles. The molecule has 1 fully saturated rings. The molecule has 20 heavy (non-hydrogen) atoms. The first-order chi connectivity index (χ1) is 9.20. The number of amides is 1. The van der Waals surface area contributed by atoms with Gasteiger partial charge in [0, 0.05) is 0 Å². The topological polar surface area (TPSA) is 47.6 Å². The van der Waals surface area contributed by atoms with Crippen LogP contribution in [-0.2, 0) is 14.0 Å². The molecule has 0 aromatic carbocycles. The highest BCUT2D eigenvalue weighted by Crippen LogP contribution is 2.42. The van der Waals surface area contributed by atoms with Crippen molar-refractivity contribution >= 4 is 14.2 Å². The van der Waals surface area contributed by atoms with E-state index in [0.29, 0.717) is 29.7 Å². The lowest BCUT2D eigenvalue weighted by Crippen LogP contribution is -2.53. The van der Waals surface area contributed by atoms with Crippen LogP contribution in [0.2, 0.25) is 16.6 Å². The molecule has 0 aromatic rings. The first kappa shape index (κ1) is 17.7. The lowest BCUT2D eigenvalue weighted by atomic mass is 10.2. The van der Waals surface area contributed by atoms with Gasteiger partial charge in [0.05, 0.1) is 19.1 Å². The molecule has 118 valence electrons. The van der Waals surface area contributed by atoms with E-state index in [1.54, 1.807) is 0 Å². The number of rotatable bonds is 8. The van der Waals surface area contributed by atoms with Crippen LogP contribution in [0.1, 0.15) is 54.9 Å². The van der Waals surface area contributed by atoms with Crippen LogP contribution in [0.25, 0.3) is 0 Å². The van der Waals surface area contributed by atoms with Crippen molar-refractivity contribution < 1.29 is 14.0 Å². The van der Waals surface area contributed by atoms with Gasteiger partial charge in [0.25, 0.3) is 0 Å². The van der Waals surface area contributed by atoms with E-state index in [-0.39, 0.29) is 18.2 Å². The number of hydrogen-bond acceptors (Lipinski definition) is 3. The highest BCUT2D eigenvalue weighted by Gasteiger charge is 2.45. The highest BCUT2D eigenvalue weighted by atomic mass is 28.4. The first-order valence-corrected chi connectivity index (χ1v) is 9.92. The van der Waals surface area contributed by atoms with Crippen LogP contribution in [-0.4, -0.2) is 33.2 Å².